The van der Waals surface area contributed by atoms with Crippen LogP contribution in [0.4, 0.5) is 17.5 Å². The van der Waals surface area contributed by atoms with Crippen LogP contribution in [0.5, 0.6) is 0 Å². The lowest BCUT2D eigenvalue weighted by Gasteiger charge is -2.31. The summed E-state index contributed by atoms with van der Waals surface area (Å²) in [6, 6.07) is 8.94. The van der Waals surface area contributed by atoms with Crippen LogP contribution in [0.2, 0.25) is 0 Å². The highest BCUT2D eigenvalue weighted by molar-refractivity contribution is 5.86. The number of anilines is 3. The van der Waals surface area contributed by atoms with Crippen molar-refractivity contribution in [2.75, 3.05) is 29.9 Å². The molecule has 1 aromatic carbocycles. The summed E-state index contributed by atoms with van der Waals surface area (Å²) in [5.74, 6) is 2.40. The molecule has 0 aliphatic carbocycles. The molecule has 2 atom stereocenters. The van der Waals surface area contributed by atoms with Crippen molar-refractivity contribution < 1.29 is 0 Å². The zero-order valence-corrected chi connectivity index (χ0v) is 14.4. The lowest BCUT2D eigenvalue weighted by molar-refractivity contribution is 0.469. The van der Waals surface area contributed by atoms with Gasteiger partial charge in [0.25, 0.3) is 0 Å². The fourth-order valence-electron chi connectivity index (χ4n) is 4.08. The second-order valence-electron chi connectivity index (χ2n) is 7.31. The first kappa shape index (κ1) is 14.8. The second kappa shape index (κ2) is 5.81. The highest BCUT2D eigenvalue weighted by Gasteiger charge is 2.33. The summed E-state index contributed by atoms with van der Waals surface area (Å²) in [4.78, 5) is 16.1. The summed E-state index contributed by atoms with van der Waals surface area (Å²) < 4.78 is 0. The van der Waals surface area contributed by atoms with Crippen molar-refractivity contribution in [3.05, 3.63) is 41.1 Å². The van der Waals surface area contributed by atoms with Crippen molar-refractivity contribution in [1.29, 1.82) is 0 Å². The van der Waals surface area contributed by atoms with Crippen LogP contribution in [0.15, 0.2) is 29.3 Å². The predicted molar refractivity (Wildman–Crippen MR) is 99.9 cm³/mol. The van der Waals surface area contributed by atoms with E-state index in [1.54, 1.807) is 0 Å². The first-order valence-corrected chi connectivity index (χ1v) is 8.97. The van der Waals surface area contributed by atoms with Crippen molar-refractivity contribution in [2.45, 2.75) is 25.9 Å². The summed E-state index contributed by atoms with van der Waals surface area (Å²) >= 11 is 0. The molecule has 2 unspecified atom stereocenters. The van der Waals surface area contributed by atoms with Gasteiger partial charge in [-0.05, 0) is 42.5 Å². The van der Waals surface area contributed by atoms with Gasteiger partial charge < -0.3 is 15.5 Å². The quantitative estimate of drug-likeness (QED) is 0.901. The fraction of sp³-hybridized carbons (Fsp3) is 0.421. The van der Waals surface area contributed by atoms with Gasteiger partial charge >= 0.3 is 0 Å². The smallest absolute Gasteiger partial charge is 0.227 e. The Hall–Kier alpha value is -2.47. The van der Waals surface area contributed by atoms with Crippen LogP contribution < -0.4 is 15.5 Å². The van der Waals surface area contributed by atoms with E-state index < -0.39 is 0 Å². The lowest BCUT2D eigenvalue weighted by Crippen LogP contribution is -2.42. The van der Waals surface area contributed by atoms with Crippen molar-refractivity contribution in [3.63, 3.8) is 0 Å². The van der Waals surface area contributed by atoms with E-state index in [2.05, 4.69) is 43.7 Å². The van der Waals surface area contributed by atoms with E-state index in [0.29, 0.717) is 6.04 Å². The Bertz CT molecular complexity index is 834. The highest BCUT2D eigenvalue weighted by atomic mass is 15.3. The van der Waals surface area contributed by atoms with Gasteiger partial charge in [-0.3, -0.25) is 4.99 Å². The molecule has 2 bridgehead atoms. The number of hydrogen-bond acceptors (Lipinski definition) is 6. The Morgan fingerprint density at radius 3 is 3.08 bits per heavy atom. The Kier molecular flexibility index (Phi) is 3.45. The molecule has 0 saturated carbocycles. The third-order valence-corrected chi connectivity index (χ3v) is 5.27. The van der Waals surface area contributed by atoms with E-state index in [4.69, 9.17) is 4.98 Å². The number of nitrogens with one attached hydrogen (secondary N) is 2. The molecule has 5 rings (SSSR count). The van der Waals surface area contributed by atoms with Crippen LogP contribution >= 0.6 is 0 Å². The average Bonchev–Trinajstić information content (AvgIpc) is 3.19. The molecule has 2 saturated heterocycles. The summed E-state index contributed by atoms with van der Waals surface area (Å²) in [6.45, 7) is 5.98. The van der Waals surface area contributed by atoms with Crippen LogP contribution in [0, 0.1) is 12.8 Å². The maximum atomic E-state index is 4.79. The standard InChI is InChI=1S/C19H22N6/c1-12-4-18(23-16-3-2-14-8-20-9-15(14)6-16)24-19(22-12)25-10-13-5-17(11-25)21-7-13/h2-4,6,9,13,17,21H,5,7-8,10-11H2,1H3,(H,22,23,24). The number of hydrogen-bond donors (Lipinski definition) is 2. The molecule has 3 aliphatic heterocycles. The average molecular weight is 334 g/mol. The molecule has 3 aliphatic rings. The van der Waals surface area contributed by atoms with Gasteiger partial charge in [0.1, 0.15) is 5.82 Å². The molecule has 2 N–H and O–H groups in total. The third-order valence-electron chi connectivity index (χ3n) is 5.27. The van der Waals surface area contributed by atoms with Crippen molar-refractivity contribution in [2.24, 2.45) is 10.9 Å². The number of fused-ring (bicyclic) bond motifs is 3. The summed E-state index contributed by atoms with van der Waals surface area (Å²) in [5.41, 5.74) is 4.49. The molecular weight excluding hydrogens is 312 g/mol. The number of benzene rings is 1. The Morgan fingerprint density at radius 2 is 2.16 bits per heavy atom. The van der Waals surface area contributed by atoms with Gasteiger partial charge in [0.2, 0.25) is 5.95 Å². The summed E-state index contributed by atoms with van der Waals surface area (Å²) in [7, 11) is 0. The number of piperidine rings is 1. The van der Waals surface area contributed by atoms with E-state index in [9.17, 15) is 0 Å². The molecule has 128 valence electrons. The lowest BCUT2D eigenvalue weighted by atomic mass is 10.0. The maximum absolute atomic E-state index is 4.79. The Balaban J connectivity index is 1.40. The molecule has 0 radical (unpaired) electrons. The molecule has 0 spiro atoms. The van der Waals surface area contributed by atoms with Crippen LogP contribution in [0.3, 0.4) is 0 Å². The Labute approximate surface area is 147 Å². The monoisotopic (exact) mass is 334 g/mol. The largest absolute Gasteiger partial charge is 0.340 e. The van der Waals surface area contributed by atoms with E-state index in [1.165, 1.54) is 17.5 Å². The number of rotatable bonds is 3. The molecule has 6 nitrogen and oxygen atoms in total. The second-order valence-corrected chi connectivity index (χ2v) is 7.31. The zero-order chi connectivity index (χ0) is 16.8. The van der Waals surface area contributed by atoms with E-state index in [0.717, 1.165) is 55.2 Å². The maximum Gasteiger partial charge on any atom is 0.227 e. The molecule has 2 aromatic rings. The summed E-state index contributed by atoms with van der Waals surface area (Å²) in [6.07, 6.45) is 3.22. The van der Waals surface area contributed by atoms with E-state index >= 15 is 0 Å². The van der Waals surface area contributed by atoms with Gasteiger partial charge in [-0.25, -0.2) is 4.98 Å². The van der Waals surface area contributed by atoms with Gasteiger partial charge in [-0.15, -0.1) is 0 Å². The minimum atomic E-state index is 0.579. The minimum Gasteiger partial charge on any atom is -0.340 e. The van der Waals surface area contributed by atoms with Crippen molar-refractivity contribution in [1.82, 2.24) is 15.3 Å². The number of aryl methyl sites for hydroxylation is 1. The van der Waals surface area contributed by atoms with Crippen LogP contribution in [-0.2, 0) is 6.54 Å². The molecule has 4 heterocycles. The zero-order valence-electron chi connectivity index (χ0n) is 14.4. The van der Waals surface area contributed by atoms with Crippen molar-refractivity contribution in [3.8, 4) is 0 Å². The minimum absolute atomic E-state index is 0.579. The van der Waals surface area contributed by atoms with Gasteiger partial charge in [0.15, 0.2) is 0 Å². The molecular formula is C19H22N6. The van der Waals surface area contributed by atoms with Crippen LogP contribution in [0.1, 0.15) is 23.2 Å². The van der Waals surface area contributed by atoms with E-state index in [1.807, 2.05) is 19.2 Å². The first-order chi connectivity index (χ1) is 12.2. The van der Waals surface area contributed by atoms with Gasteiger partial charge in [0, 0.05) is 49.3 Å². The van der Waals surface area contributed by atoms with E-state index in [-0.39, 0.29) is 0 Å². The fourth-order valence-corrected chi connectivity index (χ4v) is 4.08. The topological polar surface area (TPSA) is 65.4 Å². The van der Waals surface area contributed by atoms with Gasteiger partial charge in [0.05, 0.1) is 6.54 Å². The number of aromatic nitrogens is 2. The SMILES string of the molecule is Cc1cc(Nc2ccc3c(c2)C=NC3)nc(N2CC3CNC(C3)C2)n1. The summed E-state index contributed by atoms with van der Waals surface area (Å²) in [5, 5.41) is 7.02. The van der Waals surface area contributed by atoms with Crippen LogP contribution in [-0.4, -0.2) is 41.9 Å². The van der Waals surface area contributed by atoms with Gasteiger partial charge in [-0.2, -0.15) is 4.98 Å². The van der Waals surface area contributed by atoms with Gasteiger partial charge in [-0.1, -0.05) is 6.07 Å². The van der Waals surface area contributed by atoms with Crippen molar-refractivity contribution >= 4 is 23.7 Å². The predicted octanol–water partition coefficient (Wildman–Crippen LogP) is 2.26. The first-order valence-electron chi connectivity index (χ1n) is 8.97. The molecule has 2 fully saturated rings. The third kappa shape index (κ3) is 2.87. The highest BCUT2D eigenvalue weighted by Crippen LogP contribution is 2.27. The normalized spacial score (nSPS) is 23.8. The Morgan fingerprint density at radius 1 is 1.20 bits per heavy atom. The number of aliphatic imine (C=N–C) groups is 1. The molecule has 6 heteroatoms. The van der Waals surface area contributed by atoms with Crippen LogP contribution in [0.25, 0.3) is 0 Å². The number of nitrogens with zero attached hydrogens (tertiary/aromatic N) is 4. The molecule has 25 heavy (non-hydrogen) atoms. The molecule has 0 amide bonds. The molecule has 1 aromatic heterocycles.